The SMILES string of the molecule is CCC(C)[C@@H](C(=O)NCC[C@H](NC(=O)[C@@H]1CC2CCCCC2N1S(C)(=O)=O)C(=O)O)N(C)C(=O)Cc1ccc(NC(=O)Nc2ccccc2C)cc1. The molecule has 2 aliphatic rings. The molecular weight excluding hydrogens is 689 g/mol. The molecule has 3 unspecified atom stereocenters. The predicted octanol–water partition coefficient (Wildman–Crippen LogP) is 3.72. The van der Waals surface area contributed by atoms with E-state index in [-0.39, 0.29) is 43.2 Å². The molecule has 1 aliphatic carbocycles. The molecule has 0 bridgehead atoms. The molecule has 6 atom stereocenters. The minimum Gasteiger partial charge on any atom is -0.480 e. The Kier molecular flexibility index (Phi) is 13.8. The summed E-state index contributed by atoms with van der Waals surface area (Å²) in [5.41, 5.74) is 2.84. The number of hydrogen-bond donors (Lipinski definition) is 5. The fourth-order valence-electron chi connectivity index (χ4n) is 7.29. The van der Waals surface area contributed by atoms with Crippen LogP contribution in [0.2, 0.25) is 0 Å². The van der Waals surface area contributed by atoms with E-state index < -0.39 is 52.0 Å². The monoisotopic (exact) mass is 740 g/mol. The Morgan fingerprint density at radius 3 is 2.31 bits per heavy atom. The van der Waals surface area contributed by atoms with E-state index in [0.29, 0.717) is 36.2 Å². The Morgan fingerprint density at radius 2 is 1.67 bits per heavy atom. The van der Waals surface area contributed by atoms with Crippen LogP contribution in [0.15, 0.2) is 48.5 Å². The lowest BCUT2D eigenvalue weighted by molar-refractivity contribution is -0.142. The molecule has 1 aliphatic heterocycles. The van der Waals surface area contributed by atoms with Crippen LogP contribution >= 0.6 is 0 Å². The molecular formula is C37H52N6O8S. The number of carboxylic acid groups (broad SMARTS) is 1. The van der Waals surface area contributed by atoms with Gasteiger partial charge in [-0.2, -0.15) is 4.31 Å². The number of carbonyl (C=O) groups excluding carboxylic acids is 4. The molecule has 0 radical (unpaired) electrons. The van der Waals surface area contributed by atoms with E-state index in [1.54, 1.807) is 37.4 Å². The van der Waals surface area contributed by atoms with Gasteiger partial charge >= 0.3 is 12.0 Å². The van der Waals surface area contributed by atoms with Crippen molar-refractivity contribution in [3.8, 4) is 0 Å². The zero-order valence-corrected chi connectivity index (χ0v) is 31.4. The third-order valence-corrected chi connectivity index (χ3v) is 11.6. The summed E-state index contributed by atoms with van der Waals surface area (Å²) < 4.78 is 26.6. The van der Waals surface area contributed by atoms with Crippen molar-refractivity contribution in [1.82, 2.24) is 19.8 Å². The van der Waals surface area contributed by atoms with Gasteiger partial charge in [-0.3, -0.25) is 14.4 Å². The minimum absolute atomic E-state index is 0.00684. The van der Waals surface area contributed by atoms with Gasteiger partial charge in [0.1, 0.15) is 18.1 Å². The number of hydrogen-bond acceptors (Lipinski definition) is 7. The highest BCUT2D eigenvalue weighted by atomic mass is 32.2. The lowest BCUT2D eigenvalue weighted by Crippen LogP contribution is -2.54. The molecule has 0 aromatic heterocycles. The van der Waals surface area contributed by atoms with E-state index in [1.165, 1.54) is 9.21 Å². The van der Waals surface area contributed by atoms with Gasteiger partial charge in [0.15, 0.2) is 0 Å². The number of benzene rings is 2. The van der Waals surface area contributed by atoms with Crippen LogP contribution in [0.25, 0.3) is 0 Å². The molecule has 2 aromatic rings. The number of fused-ring (bicyclic) bond motifs is 1. The third-order valence-electron chi connectivity index (χ3n) is 10.3. The van der Waals surface area contributed by atoms with Gasteiger partial charge in [0.2, 0.25) is 27.7 Å². The first-order valence-corrected chi connectivity index (χ1v) is 19.7. The number of nitrogens with one attached hydrogen (secondary N) is 4. The van der Waals surface area contributed by atoms with E-state index in [9.17, 15) is 37.5 Å². The number of likely N-dealkylation sites (N-methyl/N-ethyl adjacent to an activating group) is 1. The van der Waals surface area contributed by atoms with E-state index in [1.807, 2.05) is 39.0 Å². The Balaban J connectivity index is 1.31. The maximum absolute atomic E-state index is 13.5. The molecule has 4 rings (SSSR count). The molecule has 0 spiro atoms. The summed E-state index contributed by atoms with van der Waals surface area (Å²) in [7, 11) is -2.15. The normalized spacial score (nSPS) is 20.4. The van der Waals surface area contributed by atoms with Gasteiger partial charge in [-0.25, -0.2) is 18.0 Å². The number of carboxylic acids is 1. The number of carbonyl (C=O) groups is 5. The van der Waals surface area contributed by atoms with Gasteiger partial charge in [-0.1, -0.05) is 63.4 Å². The second-order valence-electron chi connectivity index (χ2n) is 14.0. The van der Waals surface area contributed by atoms with E-state index in [0.717, 1.165) is 31.1 Å². The summed E-state index contributed by atoms with van der Waals surface area (Å²) >= 11 is 0. The Hall–Kier alpha value is -4.50. The van der Waals surface area contributed by atoms with Gasteiger partial charge in [-0.05, 0) is 73.8 Å². The topological polar surface area (TPSA) is 194 Å². The molecule has 1 saturated heterocycles. The van der Waals surface area contributed by atoms with Gasteiger partial charge in [-0.15, -0.1) is 0 Å². The number of para-hydroxylation sites is 1. The molecule has 5 N–H and O–H groups in total. The molecule has 284 valence electrons. The first-order valence-electron chi connectivity index (χ1n) is 17.9. The molecule has 1 heterocycles. The largest absolute Gasteiger partial charge is 0.480 e. The third kappa shape index (κ3) is 10.3. The van der Waals surface area contributed by atoms with Crippen LogP contribution in [0.5, 0.6) is 0 Å². The number of urea groups is 1. The number of aryl methyl sites for hydroxylation is 1. The molecule has 1 saturated carbocycles. The number of anilines is 2. The average Bonchev–Trinajstić information content (AvgIpc) is 3.50. The van der Waals surface area contributed by atoms with Crippen LogP contribution in [-0.2, 0) is 35.6 Å². The molecule has 15 heteroatoms. The van der Waals surface area contributed by atoms with Crippen LogP contribution in [0.1, 0.15) is 69.9 Å². The maximum atomic E-state index is 13.5. The van der Waals surface area contributed by atoms with Crippen LogP contribution < -0.4 is 21.3 Å². The quantitative estimate of drug-likeness (QED) is 0.182. The van der Waals surface area contributed by atoms with Gasteiger partial charge in [0.25, 0.3) is 0 Å². The summed E-state index contributed by atoms with van der Waals surface area (Å²) in [6.45, 7) is 5.55. The average molecular weight is 741 g/mol. The summed E-state index contributed by atoms with van der Waals surface area (Å²) in [6, 6.07) is 10.4. The highest BCUT2D eigenvalue weighted by Gasteiger charge is 2.49. The fraction of sp³-hybridized carbons (Fsp3) is 0.541. The number of rotatable bonds is 15. The van der Waals surface area contributed by atoms with Crippen molar-refractivity contribution >= 4 is 51.1 Å². The summed E-state index contributed by atoms with van der Waals surface area (Å²) in [5.74, 6) is -2.89. The second-order valence-corrected chi connectivity index (χ2v) is 15.9. The van der Waals surface area contributed by atoms with Crippen molar-refractivity contribution in [2.24, 2.45) is 11.8 Å². The Labute approximate surface area is 306 Å². The van der Waals surface area contributed by atoms with E-state index in [2.05, 4.69) is 21.3 Å². The van der Waals surface area contributed by atoms with Crippen LogP contribution in [0.4, 0.5) is 16.2 Å². The maximum Gasteiger partial charge on any atom is 0.326 e. The molecule has 5 amide bonds. The molecule has 2 aromatic carbocycles. The van der Waals surface area contributed by atoms with Gasteiger partial charge in [0, 0.05) is 31.0 Å². The van der Waals surface area contributed by atoms with Crippen molar-refractivity contribution < 1.29 is 37.5 Å². The smallest absolute Gasteiger partial charge is 0.326 e. The van der Waals surface area contributed by atoms with Crippen molar-refractivity contribution in [3.05, 3.63) is 59.7 Å². The van der Waals surface area contributed by atoms with Gasteiger partial charge < -0.3 is 31.3 Å². The van der Waals surface area contributed by atoms with Crippen molar-refractivity contribution in [2.75, 3.05) is 30.5 Å². The van der Waals surface area contributed by atoms with Crippen molar-refractivity contribution in [2.45, 2.75) is 96.3 Å². The zero-order valence-electron chi connectivity index (χ0n) is 30.6. The molecule has 52 heavy (non-hydrogen) atoms. The predicted molar refractivity (Wildman–Crippen MR) is 198 cm³/mol. The first kappa shape index (κ1) is 40.3. The first-order chi connectivity index (χ1) is 24.6. The lowest BCUT2D eigenvalue weighted by Gasteiger charge is -2.32. The standard InChI is InChI=1S/C37H52N6O8S/c1-6-23(2)33(42(4)32(44)21-25-15-17-27(18-16-25)39-37(49)41-28-13-9-7-11-24(28)3)35(46)38-20-19-29(36(47)48)40-34(45)31-22-26-12-8-10-14-30(26)43(31)52(5,50)51/h7,9,11,13,15-18,23,26,29-31,33H,6,8,10,12,14,19-22H2,1-5H3,(H,38,46)(H,40,45)(H,47,48)(H2,39,41,49)/t23?,26?,29-,30?,31-,33-/m0/s1. The Morgan fingerprint density at radius 1 is 1.00 bits per heavy atom. The summed E-state index contributed by atoms with van der Waals surface area (Å²) in [4.78, 5) is 66.2. The second kappa shape index (κ2) is 17.8. The van der Waals surface area contributed by atoms with E-state index >= 15 is 0 Å². The zero-order chi connectivity index (χ0) is 38.2. The van der Waals surface area contributed by atoms with Crippen molar-refractivity contribution in [1.29, 1.82) is 0 Å². The van der Waals surface area contributed by atoms with Crippen LogP contribution in [-0.4, -0.2) is 96.5 Å². The Bertz CT molecular complexity index is 1720. The molecule has 2 fully saturated rings. The minimum atomic E-state index is -3.71. The number of amides is 5. The number of aliphatic carboxylic acids is 1. The highest BCUT2D eigenvalue weighted by Crippen LogP contribution is 2.41. The molecule has 14 nitrogen and oxygen atoms in total. The van der Waals surface area contributed by atoms with Crippen LogP contribution in [0, 0.1) is 18.8 Å². The summed E-state index contributed by atoms with van der Waals surface area (Å²) in [5, 5.41) is 20.7. The fourth-order valence-corrected chi connectivity index (χ4v) is 8.70. The number of nitrogens with zero attached hydrogens (tertiary/aromatic N) is 2. The highest BCUT2D eigenvalue weighted by molar-refractivity contribution is 7.88. The van der Waals surface area contributed by atoms with Crippen molar-refractivity contribution in [3.63, 3.8) is 0 Å². The number of sulfonamides is 1. The van der Waals surface area contributed by atoms with E-state index in [4.69, 9.17) is 0 Å². The summed E-state index contributed by atoms with van der Waals surface area (Å²) in [6.07, 6.45) is 5.21. The lowest BCUT2D eigenvalue weighted by atomic mass is 9.85. The van der Waals surface area contributed by atoms with Gasteiger partial charge in [0.05, 0.1) is 12.7 Å². The van der Waals surface area contributed by atoms with Crippen LogP contribution in [0.3, 0.4) is 0 Å².